The molecule has 8 nitrogen and oxygen atoms in total. The van der Waals surface area contributed by atoms with Crippen molar-refractivity contribution in [3.63, 3.8) is 0 Å². The van der Waals surface area contributed by atoms with Gasteiger partial charge in [-0.05, 0) is 62.2 Å². The molecular formula is C25H23Cl3N6O2. The van der Waals surface area contributed by atoms with Crippen LogP contribution in [-0.4, -0.2) is 56.3 Å². The lowest BCUT2D eigenvalue weighted by molar-refractivity contribution is 0.0983. The SMILES string of the molecule is CCOC(=O)N1CCC(Nc2ncnc3c2nc(-c2ccc(Cl)cc2Cl)n3-c2ccc(Cl)cc2)CC1. The number of fused-ring (bicyclic) bond motifs is 1. The third-order valence-corrected chi connectivity index (χ3v) is 6.86. The number of hydrogen-bond donors (Lipinski definition) is 1. The van der Waals surface area contributed by atoms with Crippen molar-refractivity contribution in [3.8, 4) is 17.1 Å². The van der Waals surface area contributed by atoms with Gasteiger partial charge in [0.25, 0.3) is 0 Å². The van der Waals surface area contributed by atoms with Crippen molar-refractivity contribution in [2.24, 2.45) is 0 Å². The molecule has 186 valence electrons. The van der Waals surface area contributed by atoms with Crippen LogP contribution in [0.4, 0.5) is 10.6 Å². The zero-order chi connectivity index (χ0) is 25.2. The molecule has 4 aromatic rings. The van der Waals surface area contributed by atoms with Gasteiger partial charge in [-0.15, -0.1) is 0 Å². The zero-order valence-corrected chi connectivity index (χ0v) is 21.7. The second-order valence-electron chi connectivity index (χ2n) is 8.37. The van der Waals surface area contributed by atoms with Gasteiger partial charge >= 0.3 is 6.09 Å². The summed E-state index contributed by atoms with van der Waals surface area (Å²) in [6.45, 7) is 3.39. The van der Waals surface area contributed by atoms with E-state index in [0.717, 1.165) is 18.5 Å². The molecule has 1 aliphatic rings. The Morgan fingerprint density at radius 3 is 2.47 bits per heavy atom. The Hall–Kier alpha value is -3.07. The number of hydrogen-bond acceptors (Lipinski definition) is 6. The van der Waals surface area contributed by atoms with Gasteiger partial charge in [-0.1, -0.05) is 34.8 Å². The van der Waals surface area contributed by atoms with E-state index in [1.807, 2.05) is 34.9 Å². The molecule has 0 unspecified atom stereocenters. The van der Waals surface area contributed by atoms with Crippen LogP contribution in [0.5, 0.6) is 0 Å². The van der Waals surface area contributed by atoms with Gasteiger partial charge in [0, 0.05) is 40.4 Å². The minimum atomic E-state index is -0.272. The number of nitrogens with one attached hydrogen (secondary N) is 1. The maximum Gasteiger partial charge on any atom is 0.409 e. The number of aromatic nitrogens is 4. The Morgan fingerprint density at radius 2 is 1.78 bits per heavy atom. The normalized spacial score (nSPS) is 14.3. The highest BCUT2D eigenvalue weighted by molar-refractivity contribution is 6.36. The van der Waals surface area contributed by atoms with E-state index < -0.39 is 0 Å². The molecule has 2 aromatic heterocycles. The average molecular weight is 546 g/mol. The first-order valence-electron chi connectivity index (χ1n) is 11.6. The third kappa shape index (κ3) is 4.93. The quantitative estimate of drug-likeness (QED) is 0.309. The molecule has 2 aromatic carbocycles. The summed E-state index contributed by atoms with van der Waals surface area (Å²) < 4.78 is 7.05. The predicted molar refractivity (Wildman–Crippen MR) is 142 cm³/mol. The summed E-state index contributed by atoms with van der Waals surface area (Å²) in [6.07, 6.45) is 2.77. The number of carbonyl (C=O) groups excluding carboxylic acids is 1. The lowest BCUT2D eigenvalue weighted by Crippen LogP contribution is -2.42. The Balaban J connectivity index is 1.53. The van der Waals surface area contributed by atoms with Crippen LogP contribution in [0.3, 0.4) is 0 Å². The number of amides is 1. The van der Waals surface area contributed by atoms with E-state index in [4.69, 9.17) is 44.5 Å². The second kappa shape index (κ2) is 10.5. The predicted octanol–water partition coefficient (Wildman–Crippen LogP) is 6.48. The molecule has 0 aliphatic carbocycles. The van der Waals surface area contributed by atoms with E-state index >= 15 is 0 Å². The number of likely N-dealkylation sites (tertiary alicyclic amines) is 1. The highest BCUT2D eigenvalue weighted by atomic mass is 35.5. The Labute approximate surface area is 223 Å². The van der Waals surface area contributed by atoms with Crippen molar-refractivity contribution < 1.29 is 9.53 Å². The molecule has 1 fully saturated rings. The highest BCUT2D eigenvalue weighted by Gasteiger charge is 2.26. The van der Waals surface area contributed by atoms with Crippen molar-refractivity contribution >= 4 is 57.9 Å². The maximum atomic E-state index is 12.0. The highest BCUT2D eigenvalue weighted by Crippen LogP contribution is 2.35. The lowest BCUT2D eigenvalue weighted by atomic mass is 10.1. The third-order valence-electron chi connectivity index (χ3n) is 6.06. The number of piperidine rings is 1. The van der Waals surface area contributed by atoms with Gasteiger partial charge in [0.15, 0.2) is 17.0 Å². The summed E-state index contributed by atoms with van der Waals surface area (Å²) in [5, 5.41) is 5.15. The first kappa shape index (κ1) is 24.6. The number of anilines is 1. The zero-order valence-electron chi connectivity index (χ0n) is 19.4. The van der Waals surface area contributed by atoms with Crippen LogP contribution in [0.2, 0.25) is 15.1 Å². The smallest absolute Gasteiger partial charge is 0.409 e. The number of rotatable bonds is 5. The van der Waals surface area contributed by atoms with Gasteiger partial charge < -0.3 is 15.0 Å². The van der Waals surface area contributed by atoms with Crippen LogP contribution in [0.25, 0.3) is 28.2 Å². The minimum absolute atomic E-state index is 0.122. The van der Waals surface area contributed by atoms with E-state index in [1.54, 1.807) is 24.0 Å². The van der Waals surface area contributed by atoms with E-state index in [9.17, 15) is 4.79 Å². The number of carbonyl (C=O) groups is 1. The summed E-state index contributed by atoms with van der Waals surface area (Å²) in [6, 6.07) is 12.8. The topological polar surface area (TPSA) is 85.2 Å². The van der Waals surface area contributed by atoms with Gasteiger partial charge in [-0.2, -0.15) is 0 Å². The molecule has 3 heterocycles. The van der Waals surface area contributed by atoms with Crippen LogP contribution in [0.15, 0.2) is 48.8 Å². The summed E-state index contributed by atoms with van der Waals surface area (Å²) in [4.78, 5) is 27.8. The molecule has 1 N–H and O–H groups in total. The average Bonchev–Trinajstić information content (AvgIpc) is 3.25. The molecule has 1 amide bonds. The number of imidazole rings is 1. The molecule has 36 heavy (non-hydrogen) atoms. The number of halogens is 3. The molecule has 0 spiro atoms. The van der Waals surface area contributed by atoms with Crippen LogP contribution >= 0.6 is 34.8 Å². The summed E-state index contributed by atoms with van der Waals surface area (Å²) in [7, 11) is 0. The standard InChI is InChI=1S/C25H23Cl3N6O2/c1-2-36-25(35)33-11-9-17(10-12-33)31-22-21-24(30-14-29-22)34(18-6-3-15(26)4-7-18)23(32-21)19-8-5-16(27)13-20(19)28/h3-8,13-14,17H,2,9-12H2,1H3,(H,29,30,31). The molecule has 0 atom stereocenters. The molecule has 0 saturated carbocycles. The molecule has 1 aliphatic heterocycles. The summed E-state index contributed by atoms with van der Waals surface area (Å²) in [5.41, 5.74) is 2.78. The Bertz CT molecular complexity index is 1400. The van der Waals surface area contributed by atoms with Crippen LogP contribution in [0, 0.1) is 0 Å². The lowest BCUT2D eigenvalue weighted by Gasteiger charge is -2.31. The Morgan fingerprint density at radius 1 is 1.06 bits per heavy atom. The molecule has 0 bridgehead atoms. The van der Waals surface area contributed by atoms with Gasteiger partial charge in [-0.25, -0.2) is 19.7 Å². The minimum Gasteiger partial charge on any atom is -0.450 e. The fourth-order valence-electron chi connectivity index (χ4n) is 4.30. The van der Waals surface area contributed by atoms with Crippen molar-refractivity contribution in [1.29, 1.82) is 0 Å². The van der Waals surface area contributed by atoms with Gasteiger partial charge in [-0.3, -0.25) is 4.57 Å². The first-order valence-corrected chi connectivity index (χ1v) is 12.7. The van der Waals surface area contributed by atoms with Crippen LogP contribution in [0.1, 0.15) is 19.8 Å². The maximum absolute atomic E-state index is 12.0. The van der Waals surface area contributed by atoms with Gasteiger partial charge in [0.05, 0.1) is 11.6 Å². The molecular weight excluding hydrogens is 523 g/mol. The molecule has 1 saturated heterocycles. The molecule has 0 radical (unpaired) electrons. The van der Waals surface area contributed by atoms with E-state index in [1.165, 1.54) is 6.33 Å². The van der Waals surface area contributed by atoms with Crippen molar-refractivity contribution in [2.45, 2.75) is 25.8 Å². The molecule has 11 heteroatoms. The van der Waals surface area contributed by atoms with E-state index in [-0.39, 0.29) is 12.1 Å². The van der Waals surface area contributed by atoms with Crippen LogP contribution < -0.4 is 5.32 Å². The van der Waals surface area contributed by atoms with Crippen LogP contribution in [-0.2, 0) is 4.74 Å². The first-order chi connectivity index (χ1) is 17.4. The van der Waals surface area contributed by atoms with Crippen molar-refractivity contribution in [1.82, 2.24) is 24.4 Å². The molecule has 5 rings (SSSR count). The number of ether oxygens (including phenoxy) is 1. The second-order valence-corrected chi connectivity index (χ2v) is 9.65. The van der Waals surface area contributed by atoms with Gasteiger partial charge in [0.2, 0.25) is 0 Å². The fourth-order valence-corrected chi connectivity index (χ4v) is 4.92. The van der Waals surface area contributed by atoms with E-state index in [0.29, 0.717) is 63.1 Å². The Kier molecular flexibility index (Phi) is 7.18. The van der Waals surface area contributed by atoms with Crippen molar-refractivity contribution in [2.75, 3.05) is 25.0 Å². The summed E-state index contributed by atoms with van der Waals surface area (Å²) in [5.74, 6) is 1.23. The monoisotopic (exact) mass is 544 g/mol. The summed E-state index contributed by atoms with van der Waals surface area (Å²) >= 11 is 18.9. The van der Waals surface area contributed by atoms with Gasteiger partial charge in [0.1, 0.15) is 12.2 Å². The number of benzene rings is 2. The number of nitrogens with zero attached hydrogens (tertiary/aromatic N) is 5. The largest absolute Gasteiger partial charge is 0.450 e. The fraction of sp³-hybridized carbons (Fsp3) is 0.280. The van der Waals surface area contributed by atoms with Crippen molar-refractivity contribution in [3.05, 3.63) is 63.9 Å². The van der Waals surface area contributed by atoms with E-state index in [2.05, 4.69) is 15.3 Å².